The summed E-state index contributed by atoms with van der Waals surface area (Å²) in [5, 5.41) is 3.39. The maximum Gasteiger partial charge on any atom is 0.275 e. The van der Waals surface area contributed by atoms with E-state index in [9.17, 15) is 4.79 Å². The van der Waals surface area contributed by atoms with Gasteiger partial charge >= 0.3 is 0 Å². The maximum atomic E-state index is 12.3. The summed E-state index contributed by atoms with van der Waals surface area (Å²) in [4.78, 5) is 16.6. The summed E-state index contributed by atoms with van der Waals surface area (Å²) in [5.74, 6) is 0.768. The smallest absolute Gasteiger partial charge is 0.275 e. The molecule has 1 aromatic heterocycles. The lowest BCUT2D eigenvalue weighted by Crippen LogP contribution is -2.21. The minimum Gasteiger partial charge on any atom is -0.354 e. The molecule has 0 amide bonds. The Balaban J connectivity index is 2.02. The normalized spacial score (nSPS) is 14.5. The molecule has 4 rings (SSSR count). The number of nitrogens with one attached hydrogen (secondary N) is 1. The van der Waals surface area contributed by atoms with E-state index in [-0.39, 0.29) is 5.56 Å². The van der Waals surface area contributed by atoms with Gasteiger partial charge in [-0.2, -0.15) is 4.98 Å². The molecule has 114 valence electrons. The van der Waals surface area contributed by atoms with E-state index in [0.29, 0.717) is 0 Å². The number of aryl methyl sites for hydroxylation is 2. The Labute approximate surface area is 128 Å². The van der Waals surface area contributed by atoms with Crippen LogP contribution in [0.5, 0.6) is 0 Å². The first-order valence-corrected chi connectivity index (χ1v) is 7.95. The molecule has 0 unspecified atom stereocenters. The molecule has 2 aliphatic heterocycles. The molecular formula is C17H20N4O. The van der Waals surface area contributed by atoms with Crippen LogP contribution in [0.3, 0.4) is 0 Å². The summed E-state index contributed by atoms with van der Waals surface area (Å²) in [5.41, 5.74) is 5.45. The lowest BCUT2D eigenvalue weighted by Gasteiger charge is -2.18. The number of fused-ring (bicyclic) bond motifs is 3. The molecule has 0 bridgehead atoms. The van der Waals surface area contributed by atoms with Crippen molar-refractivity contribution >= 4 is 0 Å². The zero-order valence-electron chi connectivity index (χ0n) is 13.0. The second-order valence-electron chi connectivity index (χ2n) is 6.06. The highest BCUT2D eigenvalue weighted by molar-refractivity contribution is 5.82. The maximum absolute atomic E-state index is 12.3. The largest absolute Gasteiger partial charge is 0.354 e. The van der Waals surface area contributed by atoms with Gasteiger partial charge in [-0.1, -0.05) is 0 Å². The molecule has 3 aliphatic rings. The topological polar surface area (TPSA) is 55.6 Å². The molecule has 22 heavy (non-hydrogen) atoms. The number of aromatic amines is 1. The summed E-state index contributed by atoms with van der Waals surface area (Å²) in [6.07, 6.45) is 8.31. The first-order chi connectivity index (χ1) is 10.7. The molecule has 0 atom stereocenters. The van der Waals surface area contributed by atoms with Crippen LogP contribution in [0.15, 0.2) is 23.3 Å². The lowest BCUT2D eigenvalue weighted by atomic mass is 9.88. The van der Waals surface area contributed by atoms with Gasteiger partial charge in [0.2, 0.25) is 0 Å². The van der Waals surface area contributed by atoms with Crippen LogP contribution in [0.25, 0.3) is 22.6 Å². The third-order valence-corrected chi connectivity index (χ3v) is 4.71. The van der Waals surface area contributed by atoms with Crippen LogP contribution in [-0.4, -0.2) is 19.3 Å². The fraction of sp³-hybridized carbons (Fsp3) is 0.412. The summed E-state index contributed by atoms with van der Waals surface area (Å²) >= 11 is 0. The molecular weight excluding hydrogens is 276 g/mol. The molecule has 0 saturated heterocycles. The molecule has 0 fully saturated rings. The van der Waals surface area contributed by atoms with E-state index in [1.54, 1.807) is 0 Å². The molecule has 5 nitrogen and oxygen atoms in total. The van der Waals surface area contributed by atoms with Crippen LogP contribution in [0.4, 0.5) is 0 Å². The number of aromatic nitrogens is 4. The van der Waals surface area contributed by atoms with Gasteiger partial charge < -0.3 is 4.57 Å². The van der Waals surface area contributed by atoms with Crippen LogP contribution in [0, 0.1) is 0 Å². The fourth-order valence-electron chi connectivity index (χ4n) is 3.55. The summed E-state index contributed by atoms with van der Waals surface area (Å²) < 4.78 is 4.02. The molecule has 0 saturated carbocycles. The van der Waals surface area contributed by atoms with Gasteiger partial charge in [0.25, 0.3) is 5.56 Å². The van der Waals surface area contributed by atoms with Crippen molar-refractivity contribution in [1.29, 1.82) is 0 Å². The van der Waals surface area contributed by atoms with Gasteiger partial charge in [0, 0.05) is 42.7 Å². The van der Waals surface area contributed by atoms with E-state index >= 15 is 0 Å². The van der Waals surface area contributed by atoms with Crippen molar-refractivity contribution in [2.45, 2.75) is 39.2 Å². The van der Waals surface area contributed by atoms with Gasteiger partial charge in [0.15, 0.2) is 5.82 Å². The molecule has 0 spiro atoms. The standard InChI is InChI=1S/C17H20N4O/c1-3-21-9-8-11(10-21)15-14-12-6-4-5-7-13(12)17(22)18-16(14)20(2)19-15/h8-10,19H,3-7H2,1-2H3. The molecule has 1 aromatic rings. The van der Waals surface area contributed by atoms with Crippen LogP contribution in [0.1, 0.15) is 30.9 Å². The fourth-order valence-corrected chi connectivity index (χ4v) is 3.55. The predicted octanol–water partition coefficient (Wildman–Crippen LogP) is 2.58. The zero-order chi connectivity index (χ0) is 15.3. The SMILES string of the molecule is CCn1ccc(-c2[nH]n(C)c3nc(=O)c4c(c2-3)CCCC4)c1. The lowest BCUT2D eigenvalue weighted by molar-refractivity contribution is 0.674. The minimum atomic E-state index is -0.0468. The van der Waals surface area contributed by atoms with Gasteiger partial charge in [-0.25, -0.2) is 0 Å². The zero-order valence-corrected chi connectivity index (χ0v) is 13.0. The van der Waals surface area contributed by atoms with Crippen molar-refractivity contribution < 1.29 is 0 Å². The molecule has 3 heterocycles. The van der Waals surface area contributed by atoms with E-state index in [4.69, 9.17) is 0 Å². The van der Waals surface area contributed by atoms with Crippen molar-refractivity contribution in [3.05, 3.63) is 39.9 Å². The quantitative estimate of drug-likeness (QED) is 0.790. The number of nitrogens with zero attached hydrogens (tertiary/aromatic N) is 3. The Morgan fingerprint density at radius 1 is 1.27 bits per heavy atom. The summed E-state index contributed by atoms with van der Waals surface area (Å²) in [7, 11) is 1.92. The third kappa shape index (κ3) is 1.85. The molecule has 1 aliphatic carbocycles. The Kier molecular flexibility index (Phi) is 2.96. The van der Waals surface area contributed by atoms with Gasteiger partial charge in [0.1, 0.15) is 0 Å². The van der Waals surface area contributed by atoms with E-state index in [1.807, 2.05) is 11.7 Å². The number of hydrogen-bond acceptors (Lipinski definition) is 2. The highest BCUT2D eigenvalue weighted by atomic mass is 16.1. The van der Waals surface area contributed by atoms with Crippen molar-refractivity contribution in [2.75, 3.05) is 0 Å². The van der Waals surface area contributed by atoms with Crippen LogP contribution in [0.2, 0.25) is 0 Å². The van der Waals surface area contributed by atoms with Crippen molar-refractivity contribution in [1.82, 2.24) is 19.3 Å². The minimum absolute atomic E-state index is 0.0468. The van der Waals surface area contributed by atoms with Crippen molar-refractivity contribution in [3.8, 4) is 22.6 Å². The van der Waals surface area contributed by atoms with E-state index in [0.717, 1.165) is 60.4 Å². The first-order valence-electron chi connectivity index (χ1n) is 7.95. The number of hydrogen-bond donors (Lipinski definition) is 1. The third-order valence-electron chi connectivity index (χ3n) is 4.71. The Bertz CT molecular complexity index is 868. The van der Waals surface area contributed by atoms with Crippen molar-refractivity contribution in [2.24, 2.45) is 7.05 Å². The molecule has 0 radical (unpaired) electrons. The van der Waals surface area contributed by atoms with Gasteiger partial charge in [0.05, 0.1) is 5.69 Å². The van der Waals surface area contributed by atoms with Gasteiger partial charge in [-0.15, -0.1) is 0 Å². The number of H-pyrrole nitrogens is 1. The summed E-state index contributed by atoms with van der Waals surface area (Å²) in [6, 6.07) is 2.12. The Hall–Kier alpha value is -2.30. The highest BCUT2D eigenvalue weighted by Crippen LogP contribution is 2.37. The second kappa shape index (κ2) is 4.87. The van der Waals surface area contributed by atoms with E-state index in [1.165, 1.54) is 5.56 Å². The second-order valence-corrected chi connectivity index (χ2v) is 6.06. The van der Waals surface area contributed by atoms with Gasteiger partial charge in [-0.3, -0.25) is 14.6 Å². The number of rotatable bonds is 2. The van der Waals surface area contributed by atoms with Crippen molar-refractivity contribution in [3.63, 3.8) is 0 Å². The van der Waals surface area contributed by atoms with E-state index < -0.39 is 0 Å². The highest BCUT2D eigenvalue weighted by Gasteiger charge is 2.27. The van der Waals surface area contributed by atoms with Crippen LogP contribution < -0.4 is 5.56 Å². The average molecular weight is 296 g/mol. The Morgan fingerprint density at radius 3 is 2.77 bits per heavy atom. The molecule has 0 aromatic carbocycles. The first kappa shape index (κ1) is 13.4. The average Bonchev–Trinajstić information content (AvgIpc) is 3.13. The van der Waals surface area contributed by atoms with Crippen LogP contribution >= 0.6 is 0 Å². The monoisotopic (exact) mass is 296 g/mol. The van der Waals surface area contributed by atoms with Crippen LogP contribution in [-0.2, 0) is 26.4 Å². The summed E-state index contributed by atoms with van der Waals surface area (Å²) in [6.45, 7) is 3.08. The number of pyridine rings is 1. The predicted molar refractivity (Wildman–Crippen MR) is 86.2 cm³/mol. The van der Waals surface area contributed by atoms with E-state index in [2.05, 4.69) is 40.0 Å². The van der Waals surface area contributed by atoms with Gasteiger partial charge in [-0.05, 0) is 44.2 Å². The molecule has 1 N–H and O–H groups in total. The molecule has 5 heteroatoms. The Morgan fingerprint density at radius 2 is 2.05 bits per heavy atom.